The van der Waals surface area contributed by atoms with Gasteiger partial charge in [0.05, 0.1) is 15.8 Å². The molecule has 2 aromatic carbocycles. The molecule has 0 fully saturated rings. The van der Waals surface area contributed by atoms with E-state index in [1.165, 1.54) is 22.9 Å². The quantitative estimate of drug-likeness (QED) is 0.396. The van der Waals surface area contributed by atoms with Crippen LogP contribution < -0.4 is 10.1 Å². The summed E-state index contributed by atoms with van der Waals surface area (Å²) in [6.45, 7) is 8.74. The molecule has 6 nitrogen and oxygen atoms in total. The van der Waals surface area contributed by atoms with Gasteiger partial charge in [0.25, 0.3) is 0 Å². The Morgan fingerprint density at radius 1 is 1.13 bits per heavy atom. The topological polar surface area (TPSA) is 69.0 Å². The van der Waals surface area contributed by atoms with E-state index in [2.05, 4.69) is 29.4 Å². The first-order chi connectivity index (χ1) is 14.8. The Labute approximate surface area is 196 Å². The monoisotopic (exact) mass is 478 g/mol. The van der Waals surface area contributed by atoms with Crippen LogP contribution in [-0.2, 0) is 11.3 Å². The number of aryl methyl sites for hydroxylation is 2. The molecule has 1 heterocycles. The number of aromatic nitrogens is 3. The second-order valence-electron chi connectivity index (χ2n) is 7.06. The lowest BCUT2D eigenvalue weighted by atomic mass is 10.1. The first kappa shape index (κ1) is 23.4. The molecule has 1 amide bonds. The molecule has 164 valence electrons. The zero-order valence-electron chi connectivity index (χ0n) is 17.8. The summed E-state index contributed by atoms with van der Waals surface area (Å²) in [6.07, 6.45) is -0.283. The summed E-state index contributed by atoms with van der Waals surface area (Å²) in [5.41, 5.74) is 2.98. The van der Waals surface area contributed by atoms with Gasteiger partial charge in [-0.1, -0.05) is 41.0 Å². The van der Waals surface area contributed by atoms with Crippen LogP contribution in [0.4, 0.5) is 5.69 Å². The molecule has 1 atom stereocenters. The molecule has 1 unspecified atom stereocenters. The summed E-state index contributed by atoms with van der Waals surface area (Å²) in [5.74, 6) is 1.52. The predicted molar refractivity (Wildman–Crippen MR) is 126 cm³/mol. The zero-order valence-corrected chi connectivity index (χ0v) is 20.1. The Balaban J connectivity index is 1.64. The van der Waals surface area contributed by atoms with Gasteiger partial charge >= 0.3 is 0 Å². The van der Waals surface area contributed by atoms with Crippen molar-refractivity contribution in [1.29, 1.82) is 0 Å². The van der Waals surface area contributed by atoms with Crippen LogP contribution >= 0.6 is 35.0 Å². The number of nitrogens with one attached hydrogen (secondary N) is 1. The van der Waals surface area contributed by atoms with E-state index < -0.39 is 0 Å². The molecule has 3 rings (SSSR count). The number of anilines is 1. The summed E-state index contributed by atoms with van der Waals surface area (Å²) in [6, 6.07) is 11.0. The van der Waals surface area contributed by atoms with E-state index in [4.69, 9.17) is 27.9 Å². The van der Waals surface area contributed by atoms with Gasteiger partial charge in [-0.05, 0) is 69.2 Å². The minimum atomic E-state index is -0.283. The Bertz CT molecular complexity index is 1090. The third-order valence-corrected chi connectivity index (χ3v) is 6.46. The second kappa shape index (κ2) is 10.4. The summed E-state index contributed by atoms with van der Waals surface area (Å²) in [7, 11) is 0. The Kier molecular flexibility index (Phi) is 7.86. The molecule has 0 aliphatic rings. The average molecular weight is 479 g/mol. The summed E-state index contributed by atoms with van der Waals surface area (Å²) < 4.78 is 8.04. The van der Waals surface area contributed by atoms with Crippen LogP contribution in [0.25, 0.3) is 0 Å². The van der Waals surface area contributed by atoms with Crippen LogP contribution in [0.3, 0.4) is 0 Å². The highest BCUT2D eigenvalue weighted by molar-refractivity contribution is 7.99. The van der Waals surface area contributed by atoms with Crippen molar-refractivity contribution in [1.82, 2.24) is 14.8 Å². The van der Waals surface area contributed by atoms with Crippen LogP contribution in [0, 0.1) is 13.8 Å². The smallest absolute Gasteiger partial charge is 0.234 e. The van der Waals surface area contributed by atoms with Crippen molar-refractivity contribution >= 4 is 46.6 Å². The van der Waals surface area contributed by atoms with E-state index in [-0.39, 0.29) is 17.8 Å². The van der Waals surface area contributed by atoms with Crippen LogP contribution in [0.1, 0.15) is 36.9 Å². The van der Waals surface area contributed by atoms with Crippen molar-refractivity contribution in [2.45, 2.75) is 45.5 Å². The number of halogens is 2. The van der Waals surface area contributed by atoms with Gasteiger partial charge in [0.15, 0.2) is 17.1 Å². The van der Waals surface area contributed by atoms with Crippen molar-refractivity contribution in [3.63, 3.8) is 0 Å². The lowest BCUT2D eigenvalue weighted by Gasteiger charge is -2.16. The molecule has 3 aromatic rings. The molecule has 0 bridgehead atoms. The number of carbonyl (C=O) groups is 1. The van der Waals surface area contributed by atoms with Crippen molar-refractivity contribution in [3.8, 4) is 5.75 Å². The number of nitrogens with zero attached hydrogens (tertiary/aromatic N) is 3. The maximum Gasteiger partial charge on any atom is 0.234 e. The number of carbonyl (C=O) groups excluding carboxylic acids is 1. The molecule has 0 aliphatic carbocycles. The van der Waals surface area contributed by atoms with Crippen molar-refractivity contribution in [2.75, 3.05) is 11.1 Å². The standard InChI is InChI=1S/C22H24Cl2N4O2S/c1-5-28-21(15(4)30-17-8-6-13(2)14(3)10-17)26-27-22(28)31-12-20(29)25-16-7-9-18(23)19(24)11-16/h6-11,15H,5,12H2,1-4H3,(H,25,29). The van der Waals surface area contributed by atoms with Gasteiger partial charge in [0.1, 0.15) is 5.75 Å². The lowest BCUT2D eigenvalue weighted by Crippen LogP contribution is -2.15. The molecule has 0 saturated carbocycles. The number of hydrogen-bond acceptors (Lipinski definition) is 5. The summed E-state index contributed by atoms with van der Waals surface area (Å²) >= 11 is 13.2. The fourth-order valence-electron chi connectivity index (χ4n) is 2.95. The van der Waals surface area contributed by atoms with E-state index >= 15 is 0 Å². The van der Waals surface area contributed by atoms with Gasteiger partial charge in [-0.3, -0.25) is 4.79 Å². The van der Waals surface area contributed by atoms with Crippen molar-refractivity contribution in [2.24, 2.45) is 0 Å². The number of amides is 1. The fraction of sp³-hybridized carbons (Fsp3) is 0.318. The highest BCUT2D eigenvalue weighted by Gasteiger charge is 2.19. The largest absolute Gasteiger partial charge is 0.483 e. The van der Waals surface area contributed by atoms with Gasteiger partial charge in [-0.2, -0.15) is 0 Å². The molecule has 0 radical (unpaired) electrons. The van der Waals surface area contributed by atoms with Gasteiger partial charge in [0.2, 0.25) is 5.91 Å². The highest BCUT2D eigenvalue weighted by Crippen LogP contribution is 2.27. The molecule has 9 heteroatoms. The number of rotatable bonds is 8. The maximum absolute atomic E-state index is 12.3. The van der Waals surface area contributed by atoms with E-state index in [0.29, 0.717) is 33.3 Å². The number of thioether (sulfide) groups is 1. The Hall–Kier alpha value is -2.22. The summed E-state index contributed by atoms with van der Waals surface area (Å²) in [5, 5.41) is 12.9. The minimum absolute atomic E-state index is 0.171. The summed E-state index contributed by atoms with van der Waals surface area (Å²) in [4.78, 5) is 12.3. The maximum atomic E-state index is 12.3. The lowest BCUT2D eigenvalue weighted by molar-refractivity contribution is -0.113. The third-order valence-electron chi connectivity index (χ3n) is 4.75. The van der Waals surface area contributed by atoms with E-state index in [1.54, 1.807) is 18.2 Å². The molecule has 31 heavy (non-hydrogen) atoms. The van der Waals surface area contributed by atoms with E-state index in [0.717, 1.165) is 5.75 Å². The first-order valence-electron chi connectivity index (χ1n) is 9.83. The highest BCUT2D eigenvalue weighted by atomic mass is 35.5. The Morgan fingerprint density at radius 2 is 1.90 bits per heavy atom. The molecular formula is C22H24Cl2N4O2S. The number of ether oxygens (including phenoxy) is 1. The van der Waals surface area contributed by atoms with Gasteiger partial charge in [-0.15, -0.1) is 10.2 Å². The minimum Gasteiger partial charge on any atom is -0.483 e. The molecule has 0 aliphatic heterocycles. The number of hydrogen-bond donors (Lipinski definition) is 1. The molecule has 1 aromatic heterocycles. The fourth-order valence-corrected chi connectivity index (χ4v) is 4.06. The second-order valence-corrected chi connectivity index (χ2v) is 8.81. The van der Waals surface area contributed by atoms with Crippen molar-refractivity contribution in [3.05, 3.63) is 63.4 Å². The van der Waals surface area contributed by atoms with Gasteiger partial charge in [0, 0.05) is 12.2 Å². The average Bonchev–Trinajstić information content (AvgIpc) is 3.15. The van der Waals surface area contributed by atoms with Crippen LogP contribution in [0.15, 0.2) is 41.6 Å². The van der Waals surface area contributed by atoms with Gasteiger partial charge < -0.3 is 14.6 Å². The Morgan fingerprint density at radius 3 is 2.58 bits per heavy atom. The number of benzene rings is 2. The van der Waals surface area contributed by atoms with E-state index in [9.17, 15) is 4.79 Å². The first-order valence-corrected chi connectivity index (χ1v) is 11.6. The van der Waals surface area contributed by atoms with Crippen LogP contribution in [0.2, 0.25) is 10.0 Å². The van der Waals surface area contributed by atoms with Gasteiger partial charge in [-0.25, -0.2) is 0 Å². The van der Waals surface area contributed by atoms with Crippen LogP contribution in [-0.4, -0.2) is 26.4 Å². The molecular weight excluding hydrogens is 455 g/mol. The SMILES string of the molecule is CCn1c(SCC(=O)Nc2ccc(Cl)c(Cl)c2)nnc1C(C)Oc1ccc(C)c(C)c1. The molecule has 0 spiro atoms. The van der Waals surface area contributed by atoms with E-state index in [1.807, 2.05) is 36.6 Å². The normalized spacial score (nSPS) is 11.9. The molecule has 0 saturated heterocycles. The predicted octanol–water partition coefficient (Wildman–Crippen LogP) is 6.09. The van der Waals surface area contributed by atoms with Crippen molar-refractivity contribution < 1.29 is 9.53 Å². The zero-order chi connectivity index (χ0) is 22.5. The van der Waals surface area contributed by atoms with Crippen LogP contribution in [0.5, 0.6) is 5.75 Å². The third kappa shape index (κ3) is 5.93. The molecule has 1 N–H and O–H groups in total.